The summed E-state index contributed by atoms with van der Waals surface area (Å²) in [6, 6.07) is -0.646. The molecule has 9 heteroatoms. The maximum atomic E-state index is 11.8. The molecule has 0 bridgehead atoms. The number of methoxy groups -OCH3 is 1. The van der Waals surface area contributed by atoms with Gasteiger partial charge in [-0.3, -0.25) is 0 Å². The highest BCUT2D eigenvalue weighted by Gasteiger charge is 2.27. The van der Waals surface area contributed by atoms with Gasteiger partial charge in [-0.25, -0.2) is 22.9 Å². The molecule has 1 heterocycles. The van der Waals surface area contributed by atoms with Gasteiger partial charge < -0.3 is 9.84 Å². The van der Waals surface area contributed by atoms with E-state index in [9.17, 15) is 13.2 Å². The van der Waals surface area contributed by atoms with Gasteiger partial charge in [0.15, 0.2) is 9.90 Å². The van der Waals surface area contributed by atoms with E-state index in [1.807, 2.05) is 0 Å². The molecule has 0 aliphatic rings. The van der Waals surface area contributed by atoms with Crippen LogP contribution in [0.1, 0.15) is 17.4 Å². The predicted molar refractivity (Wildman–Crippen MR) is 60.3 cm³/mol. The fourth-order valence-corrected chi connectivity index (χ4v) is 3.40. The summed E-state index contributed by atoms with van der Waals surface area (Å²) < 4.78 is 30.1. The van der Waals surface area contributed by atoms with Crippen molar-refractivity contribution in [3.8, 4) is 0 Å². The smallest absolute Gasteiger partial charge is 0.358 e. The fourth-order valence-electron chi connectivity index (χ4n) is 1.01. The minimum Gasteiger partial charge on any atom is -0.464 e. The van der Waals surface area contributed by atoms with E-state index in [1.54, 1.807) is 0 Å². The van der Waals surface area contributed by atoms with E-state index in [-0.39, 0.29) is 16.5 Å². The second-order valence-corrected chi connectivity index (χ2v) is 5.95. The van der Waals surface area contributed by atoms with Crippen molar-refractivity contribution < 1.29 is 23.1 Å². The Morgan fingerprint density at radius 3 is 2.88 bits per heavy atom. The molecular formula is C8H12N2O5S2. The molecule has 1 atom stereocenters. The number of esters is 1. The molecule has 0 saturated carbocycles. The van der Waals surface area contributed by atoms with Gasteiger partial charge in [-0.15, -0.1) is 11.3 Å². The number of carbonyl (C=O) groups excluding carboxylic acids is 1. The largest absolute Gasteiger partial charge is 0.464 e. The van der Waals surface area contributed by atoms with E-state index >= 15 is 0 Å². The number of carbonyl (C=O) groups is 1. The quantitative estimate of drug-likeness (QED) is 0.710. The van der Waals surface area contributed by atoms with Crippen LogP contribution in [0.4, 0.5) is 0 Å². The van der Waals surface area contributed by atoms with Gasteiger partial charge >= 0.3 is 5.97 Å². The summed E-state index contributed by atoms with van der Waals surface area (Å²) in [5.41, 5.74) is 0.986. The maximum absolute atomic E-state index is 11.8. The van der Waals surface area contributed by atoms with Crippen LogP contribution in [0, 0.1) is 0 Å². The zero-order chi connectivity index (χ0) is 13.1. The summed E-state index contributed by atoms with van der Waals surface area (Å²) >= 11 is 0.809. The average molecular weight is 280 g/mol. The summed E-state index contributed by atoms with van der Waals surface area (Å²) in [5, 5.41) is 8.79. The molecule has 7 nitrogen and oxygen atoms in total. The standard InChI is InChI=1S/C8H12N2O5S2/c1-5(3-11)10-17(13,14)8-6(7(12)15-2)9-4-16-8/h4-5,10-11H,3H2,1-2H3. The molecular weight excluding hydrogens is 268 g/mol. The number of aliphatic hydroxyl groups is 1. The van der Waals surface area contributed by atoms with Crippen LogP contribution in [-0.4, -0.2) is 44.2 Å². The van der Waals surface area contributed by atoms with Crippen LogP contribution < -0.4 is 4.72 Å². The Labute approximate surface area is 102 Å². The van der Waals surface area contributed by atoms with Gasteiger partial charge in [-0.2, -0.15) is 0 Å². The topological polar surface area (TPSA) is 106 Å². The Balaban J connectivity index is 3.08. The highest BCUT2D eigenvalue weighted by atomic mass is 32.2. The highest BCUT2D eigenvalue weighted by Crippen LogP contribution is 2.20. The van der Waals surface area contributed by atoms with Crippen molar-refractivity contribution in [1.82, 2.24) is 9.71 Å². The SMILES string of the molecule is COC(=O)c1ncsc1S(=O)(=O)NC(C)CO. The first-order chi connectivity index (χ1) is 7.92. The second-order valence-electron chi connectivity index (χ2n) is 3.18. The lowest BCUT2D eigenvalue weighted by atomic mass is 10.4. The van der Waals surface area contributed by atoms with Gasteiger partial charge in [-0.1, -0.05) is 0 Å². The van der Waals surface area contributed by atoms with Crippen molar-refractivity contribution >= 4 is 27.3 Å². The van der Waals surface area contributed by atoms with Gasteiger partial charge in [0.1, 0.15) is 0 Å². The van der Waals surface area contributed by atoms with Crippen molar-refractivity contribution in [3.63, 3.8) is 0 Å². The molecule has 0 aliphatic heterocycles. The zero-order valence-corrected chi connectivity index (χ0v) is 10.8. The maximum Gasteiger partial charge on any atom is 0.358 e. The van der Waals surface area contributed by atoms with E-state index in [0.717, 1.165) is 18.4 Å². The Bertz CT molecular complexity index is 496. The molecule has 0 amide bonds. The number of hydrogen-bond acceptors (Lipinski definition) is 7. The Hall–Kier alpha value is -1.03. The highest BCUT2D eigenvalue weighted by molar-refractivity contribution is 7.91. The molecule has 96 valence electrons. The second kappa shape index (κ2) is 5.54. The number of aromatic nitrogens is 1. The molecule has 0 fully saturated rings. The van der Waals surface area contributed by atoms with Crippen molar-refractivity contribution in [2.75, 3.05) is 13.7 Å². The molecule has 0 aromatic carbocycles. The van der Waals surface area contributed by atoms with E-state index < -0.39 is 22.0 Å². The number of nitrogens with zero attached hydrogens (tertiary/aromatic N) is 1. The lowest BCUT2D eigenvalue weighted by Gasteiger charge is -2.10. The fraction of sp³-hybridized carbons (Fsp3) is 0.500. The summed E-state index contributed by atoms with van der Waals surface area (Å²) in [6.07, 6.45) is 0. The van der Waals surface area contributed by atoms with Crippen LogP contribution in [0.25, 0.3) is 0 Å². The number of rotatable bonds is 5. The first kappa shape index (κ1) is 14.0. The average Bonchev–Trinajstić information content (AvgIpc) is 2.76. The first-order valence-electron chi connectivity index (χ1n) is 4.57. The normalized spacial score (nSPS) is 13.4. The Morgan fingerprint density at radius 1 is 1.71 bits per heavy atom. The van der Waals surface area contributed by atoms with Gasteiger partial charge in [0.2, 0.25) is 0 Å². The molecule has 1 aromatic rings. The van der Waals surface area contributed by atoms with Crippen LogP contribution in [0.2, 0.25) is 0 Å². The Kier molecular flexibility index (Phi) is 4.57. The molecule has 1 rings (SSSR count). The molecule has 0 radical (unpaired) electrons. The van der Waals surface area contributed by atoms with Gasteiger partial charge in [-0.05, 0) is 6.92 Å². The predicted octanol–water partition coefficient (Wildman–Crippen LogP) is -0.411. The lowest BCUT2D eigenvalue weighted by Crippen LogP contribution is -2.35. The zero-order valence-electron chi connectivity index (χ0n) is 9.21. The van der Waals surface area contributed by atoms with E-state index in [2.05, 4.69) is 14.4 Å². The van der Waals surface area contributed by atoms with Crippen LogP contribution in [0.5, 0.6) is 0 Å². The van der Waals surface area contributed by atoms with Crippen molar-refractivity contribution in [3.05, 3.63) is 11.2 Å². The Morgan fingerprint density at radius 2 is 2.35 bits per heavy atom. The van der Waals surface area contributed by atoms with Gasteiger partial charge in [0.05, 0.1) is 19.2 Å². The number of hydrogen-bond donors (Lipinski definition) is 2. The number of sulfonamides is 1. The number of ether oxygens (including phenoxy) is 1. The number of nitrogens with one attached hydrogen (secondary N) is 1. The van der Waals surface area contributed by atoms with E-state index in [4.69, 9.17) is 5.11 Å². The molecule has 0 aliphatic carbocycles. The first-order valence-corrected chi connectivity index (χ1v) is 6.93. The third kappa shape index (κ3) is 3.22. The number of thiazole rings is 1. The summed E-state index contributed by atoms with van der Waals surface area (Å²) in [7, 11) is -2.73. The molecule has 0 saturated heterocycles. The van der Waals surface area contributed by atoms with Crippen LogP contribution in [0.3, 0.4) is 0 Å². The minimum atomic E-state index is -3.87. The summed E-state index contributed by atoms with van der Waals surface area (Å²) in [6.45, 7) is 1.15. The van der Waals surface area contributed by atoms with Crippen molar-refractivity contribution in [2.45, 2.75) is 17.2 Å². The monoisotopic (exact) mass is 280 g/mol. The number of aliphatic hydroxyl groups excluding tert-OH is 1. The molecule has 2 N–H and O–H groups in total. The minimum absolute atomic E-state index is 0.218. The molecule has 1 unspecified atom stereocenters. The molecule has 17 heavy (non-hydrogen) atoms. The van der Waals surface area contributed by atoms with E-state index in [1.165, 1.54) is 12.4 Å². The third-order valence-corrected chi connectivity index (χ3v) is 4.75. The summed E-state index contributed by atoms with van der Waals surface area (Å²) in [4.78, 5) is 14.9. The molecule has 1 aromatic heterocycles. The van der Waals surface area contributed by atoms with Crippen molar-refractivity contribution in [1.29, 1.82) is 0 Å². The summed E-state index contributed by atoms with van der Waals surface area (Å²) in [5.74, 6) is -0.816. The van der Waals surface area contributed by atoms with E-state index in [0.29, 0.717) is 0 Å². The van der Waals surface area contributed by atoms with Gasteiger partial charge in [0.25, 0.3) is 10.0 Å². The third-order valence-electron chi connectivity index (χ3n) is 1.79. The van der Waals surface area contributed by atoms with Crippen molar-refractivity contribution in [2.24, 2.45) is 0 Å². The van der Waals surface area contributed by atoms with Crippen LogP contribution in [0.15, 0.2) is 9.72 Å². The van der Waals surface area contributed by atoms with Crippen LogP contribution in [-0.2, 0) is 14.8 Å². The van der Waals surface area contributed by atoms with Gasteiger partial charge in [0, 0.05) is 6.04 Å². The lowest BCUT2D eigenvalue weighted by molar-refractivity contribution is 0.0590. The molecule has 0 spiro atoms. The van der Waals surface area contributed by atoms with Crippen LogP contribution >= 0.6 is 11.3 Å².